The molecule has 3 heterocycles. The zero-order valence-corrected chi connectivity index (χ0v) is 21.4. The molecule has 36 heavy (non-hydrogen) atoms. The van der Waals surface area contributed by atoms with E-state index in [1.54, 1.807) is 13.2 Å². The number of hydrogen-bond acceptors (Lipinski definition) is 6. The predicted octanol–water partition coefficient (Wildman–Crippen LogP) is 4.36. The maximum absolute atomic E-state index is 13.2. The van der Waals surface area contributed by atoms with E-state index in [0.717, 1.165) is 53.4 Å². The zero-order valence-electron chi connectivity index (χ0n) is 21.4. The number of amides is 1. The summed E-state index contributed by atoms with van der Waals surface area (Å²) in [6.07, 6.45) is 1.59. The molecule has 0 bridgehead atoms. The SMILES string of the molecule is CCc1nc(N2CCCN(C(=O)c3cccc(OC)c3)CC2)c2c(C)nn(-c3ccc(C)cc3)c2n1. The van der Waals surface area contributed by atoms with Crippen molar-refractivity contribution >= 4 is 22.8 Å². The monoisotopic (exact) mass is 484 g/mol. The number of carbonyl (C=O) groups excluding carboxylic acids is 1. The normalized spacial score (nSPS) is 14.2. The van der Waals surface area contributed by atoms with Crippen molar-refractivity contribution in [1.29, 1.82) is 0 Å². The Morgan fingerprint density at radius 2 is 1.81 bits per heavy atom. The molecule has 2 aromatic heterocycles. The van der Waals surface area contributed by atoms with Crippen molar-refractivity contribution in [3.05, 3.63) is 71.2 Å². The van der Waals surface area contributed by atoms with Crippen LogP contribution in [0.3, 0.4) is 0 Å². The Morgan fingerprint density at radius 3 is 2.56 bits per heavy atom. The molecular formula is C28H32N6O2. The summed E-state index contributed by atoms with van der Waals surface area (Å²) in [4.78, 5) is 27.3. The van der Waals surface area contributed by atoms with Gasteiger partial charge in [-0.15, -0.1) is 0 Å². The van der Waals surface area contributed by atoms with Gasteiger partial charge in [0.15, 0.2) is 5.65 Å². The fourth-order valence-corrected chi connectivity index (χ4v) is 4.73. The highest BCUT2D eigenvalue weighted by Crippen LogP contribution is 2.30. The maximum atomic E-state index is 13.2. The van der Waals surface area contributed by atoms with E-state index in [1.807, 2.05) is 34.7 Å². The summed E-state index contributed by atoms with van der Waals surface area (Å²) < 4.78 is 7.23. The second-order valence-corrected chi connectivity index (χ2v) is 9.21. The molecule has 0 aliphatic carbocycles. The van der Waals surface area contributed by atoms with E-state index < -0.39 is 0 Å². The standard InChI is InChI=1S/C28H32N6O2/c1-5-24-29-26(25-20(3)31-34(27(25)30-24)22-12-10-19(2)11-13-22)32-14-7-15-33(17-16-32)28(35)21-8-6-9-23(18-21)36-4/h6,8-13,18H,5,7,14-17H2,1-4H3. The summed E-state index contributed by atoms with van der Waals surface area (Å²) in [5, 5.41) is 5.83. The number of nitrogens with zero attached hydrogens (tertiary/aromatic N) is 6. The van der Waals surface area contributed by atoms with Crippen LogP contribution in [-0.4, -0.2) is 63.8 Å². The number of aromatic nitrogens is 4. The third-order valence-electron chi connectivity index (χ3n) is 6.72. The van der Waals surface area contributed by atoms with Crippen molar-refractivity contribution in [3.8, 4) is 11.4 Å². The number of aryl methyl sites for hydroxylation is 3. The summed E-state index contributed by atoms with van der Waals surface area (Å²) in [5.74, 6) is 2.41. The van der Waals surface area contributed by atoms with Crippen molar-refractivity contribution < 1.29 is 9.53 Å². The zero-order chi connectivity index (χ0) is 25.2. The third-order valence-corrected chi connectivity index (χ3v) is 6.72. The Hall–Kier alpha value is -3.94. The molecule has 1 aliphatic heterocycles. The molecule has 0 atom stereocenters. The first-order valence-corrected chi connectivity index (χ1v) is 12.5. The number of rotatable bonds is 5. The average Bonchev–Trinajstić information content (AvgIpc) is 3.07. The van der Waals surface area contributed by atoms with Gasteiger partial charge in [0.1, 0.15) is 17.4 Å². The van der Waals surface area contributed by atoms with Crippen LogP contribution in [0.1, 0.15) is 40.8 Å². The second kappa shape index (κ2) is 9.97. The van der Waals surface area contributed by atoms with E-state index in [9.17, 15) is 4.79 Å². The van der Waals surface area contributed by atoms with E-state index in [0.29, 0.717) is 30.9 Å². The molecule has 4 aromatic rings. The lowest BCUT2D eigenvalue weighted by Gasteiger charge is -2.24. The molecule has 0 radical (unpaired) electrons. The van der Waals surface area contributed by atoms with E-state index in [4.69, 9.17) is 19.8 Å². The van der Waals surface area contributed by atoms with Gasteiger partial charge in [0.25, 0.3) is 5.91 Å². The lowest BCUT2D eigenvalue weighted by Crippen LogP contribution is -2.35. The second-order valence-electron chi connectivity index (χ2n) is 9.21. The van der Waals surface area contributed by atoms with Gasteiger partial charge in [0.05, 0.1) is 23.9 Å². The van der Waals surface area contributed by atoms with E-state index in [-0.39, 0.29) is 5.91 Å². The average molecular weight is 485 g/mol. The minimum atomic E-state index is 0.0289. The number of fused-ring (bicyclic) bond motifs is 1. The molecule has 8 nitrogen and oxygen atoms in total. The highest BCUT2D eigenvalue weighted by Gasteiger charge is 2.25. The van der Waals surface area contributed by atoms with Crippen LogP contribution in [0.5, 0.6) is 5.75 Å². The molecule has 0 N–H and O–H groups in total. The molecule has 1 aliphatic rings. The molecule has 186 valence electrons. The Balaban J connectivity index is 1.47. The van der Waals surface area contributed by atoms with Gasteiger partial charge in [0, 0.05) is 38.2 Å². The van der Waals surface area contributed by atoms with Crippen LogP contribution in [0.25, 0.3) is 16.7 Å². The number of carbonyl (C=O) groups is 1. The molecular weight excluding hydrogens is 452 g/mol. The topological polar surface area (TPSA) is 76.4 Å². The summed E-state index contributed by atoms with van der Waals surface area (Å²) in [7, 11) is 1.61. The van der Waals surface area contributed by atoms with Crippen molar-refractivity contribution in [1.82, 2.24) is 24.6 Å². The van der Waals surface area contributed by atoms with Gasteiger partial charge in [-0.05, 0) is 50.6 Å². The van der Waals surface area contributed by atoms with Gasteiger partial charge in [-0.3, -0.25) is 4.79 Å². The number of ether oxygens (including phenoxy) is 1. The molecule has 1 saturated heterocycles. The molecule has 8 heteroatoms. The molecule has 0 saturated carbocycles. The fourth-order valence-electron chi connectivity index (χ4n) is 4.73. The summed E-state index contributed by atoms with van der Waals surface area (Å²) in [6.45, 7) is 8.99. The summed E-state index contributed by atoms with van der Waals surface area (Å²) in [6, 6.07) is 15.7. The predicted molar refractivity (Wildman–Crippen MR) is 141 cm³/mol. The summed E-state index contributed by atoms with van der Waals surface area (Å²) in [5.41, 5.74) is 4.56. The highest BCUT2D eigenvalue weighted by atomic mass is 16.5. The molecule has 1 amide bonds. The van der Waals surface area contributed by atoms with Crippen LogP contribution in [0.2, 0.25) is 0 Å². The highest BCUT2D eigenvalue weighted by molar-refractivity contribution is 5.95. The lowest BCUT2D eigenvalue weighted by atomic mass is 10.2. The first-order valence-electron chi connectivity index (χ1n) is 12.5. The van der Waals surface area contributed by atoms with Crippen LogP contribution in [0.15, 0.2) is 48.5 Å². The van der Waals surface area contributed by atoms with Crippen LogP contribution >= 0.6 is 0 Å². The minimum Gasteiger partial charge on any atom is -0.497 e. The van der Waals surface area contributed by atoms with Gasteiger partial charge in [0.2, 0.25) is 0 Å². The lowest BCUT2D eigenvalue weighted by molar-refractivity contribution is 0.0766. The van der Waals surface area contributed by atoms with Gasteiger partial charge < -0.3 is 14.5 Å². The van der Waals surface area contributed by atoms with E-state index in [2.05, 4.69) is 43.0 Å². The van der Waals surface area contributed by atoms with Crippen molar-refractivity contribution in [3.63, 3.8) is 0 Å². The van der Waals surface area contributed by atoms with Gasteiger partial charge in [-0.25, -0.2) is 14.6 Å². The van der Waals surface area contributed by atoms with E-state index in [1.165, 1.54) is 5.56 Å². The maximum Gasteiger partial charge on any atom is 0.254 e. The Kier molecular flexibility index (Phi) is 6.59. The Morgan fingerprint density at radius 1 is 1.00 bits per heavy atom. The first kappa shape index (κ1) is 23.8. The number of hydrogen-bond donors (Lipinski definition) is 0. The van der Waals surface area contributed by atoms with Crippen LogP contribution in [-0.2, 0) is 6.42 Å². The van der Waals surface area contributed by atoms with Crippen LogP contribution in [0.4, 0.5) is 5.82 Å². The third kappa shape index (κ3) is 4.51. The molecule has 0 spiro atoms. The number of methoxy groups -OCH3 is 1. The molecule has 5 rings (SSSR count). The van der Waals surface area contributed by atoms with Crippen LogP contribution < -0.4 is 9.64 Å². The fraction of sp³-hybridized carbons (Fsp3) is 0.357. The van der Waals surface area contributed by atoms with Crippen LogP contribution in [0, 0.1) is 13.8 Å². The number of anilines is 1. The van der Waals surface area contributed by atoms with E-state index >= 15 is 0 Å². The Bertz CT molecular complexity index is 1400. The summed E-state index contributed by atoms with van der Waals surface area (Å²) >= 11 is 0. The van der Waals surface area contributed by atoms with Crippen molar-refractivity contribution in [2.24, 2.45) is 0 Å². The minimum absolute atomic E-state index is 0.0289. The van der Waals surface area contributed by atoms with Gasteiger partial charge in [-0.1, -0.05) is 30.7 Å². The molecule has 1 fully saturated rings. The Labute approximate surface area is 211 Å². The van der Waals surface area contributed by atoms with Crippen molar-refractivity contribution in [2.45, 2.75) is 33.6 Å². The smallest absolute Gasteiger partial charge is 0.254 e. The van der Waals surface area contributed by atoms with Gasteiger partial charge in [-0.2, -0.15) is 5.10 Å². The molecule has 0 unspecified atom stereocenters. The quantitative estimate of drug-likeness (QED) is 0.419. The van der Waals surface area contributed by atoms with Gasteiger partial charge >= 0.3 is 0 Å². The number of benzene rings is 2. The largest absolute Gasteiger partial charge is 0.497 e. The first-order chi connectivity index (χ1) is 17.5. The van der Waals surface area contributed by atoms with Crippen molar-refractivity contribution in [2.75, 3.05) is 38.2 Å². The molecule has 2 aromatic carbocycles.